The summed E-state index contributed by atoms with van der Waals surface area (Å²) in [6.07, 6.45) is 0. The first-order valence-corrected chi connectivity index (χ1v) is 9.05. The minimum Gasteiger partial charge on any atom is -0.354 e. The standard InChI is InChI=1S/C22H20BrN/c1-12-7-5-10-18-19(12)21-15(4)13(2)14(3)20(22(21)24-18)16-8-6-9-17(23)11-16/h5-11,24H,1-4H3. The highest BCUT2D eigenvalue weighted by molar-refractivity contribution is 9.10. The maximum atomic E-state index is 3.70. The zero-order chi connectivity index (χ0) is 17.0. The van der Waals surface area contributed by atoms with Crippen LogP contribution in [0.4, 0.5) is 0 Å². The fourth-order valence-electron chi connectivity index (χ4n) is 3.84. The van der Waals surface area contributed by atoms with Gasteiger partial charge < -0.3 is 4.98 Å². The Morgan fingerprint density at radius 3 is 2.29 bits per heavy atom. The van der Waals surface area contributed by atoms with E-state index >= 15 is 0 Å². The molecule has 1 aromatic heterocycles. The fourth-order valence-corrected chi connectivity index (χ4v) is 4.24. The van der Waals surface area contributed by atoms with Crippen LogP contribution < -0.4 is 0 Å². The van der Waals surface area contributed by atoms with Crippen molar-refractivity contribution in [3.8, 4) is 11.1 Å². The quantitative estimate of drug-likeness (QED) is 0.368. The number of aromatic nitrogens is 1. The first-order valence-electron chi connectivity index (χ1n) is 8.25. The second-order valence-electron chi connectivity index (χ2n) is 6.63. The van der Waals surface area contributed by atoms with Crippen LogP contribution in [0.2, 0.25) is 0 Å². The number of H-pyrrole nitrogens is 1. The largest absolute Gasteiger partial charge is 0.354 e. The van der Waals surface area contributed by atoms with Crippen LogP contribution >= 0.6 is 15.9 Å². The summed E-state index contributed by atoms with van der Waals surface area (Å²) < 4.78 is 1.11. The number of benzene rings is 3. The molecule has 0 aliphatic rings. The number of halogens is 1. The Hall–Kier alpha value is -2.06. The summed E-state index contributed by atoms with van der Waals surface area (Å²) in [6.45, 7) is 8.91. The van der Waals surface area contributed by atoms with Gasteiger partial charge in [0.25, 0.3) is 0 Å². The summed E-state index contributed by atoms with van der Waals surface area (Å²) in [4.78, 5) is 3.70. The van der Waals surface area contributed by atoms with E-state index in [1.165, 1.54) is 55.2 Å². The van der Waals surface area contributed by atoms with Crippen LogP contribution in [-0.4, -0.2) is 4.98 Å². The van der Waals surface area contributed by atoms with Crippen molar-refractivity contribution in [1.82, 2.24) is 4.98 Å². The van der Waals surface area contributed by atoms with E-state index in [-0.39, 0.29) is 0 Å². The van der Waals surface area contributed by atoms with Gasteiger partial charge in [0.2, 0.25) is 0 Å². The van der Waals surface area contributed by atoms with E-state index in [0.29, 0.717) is 0 Å². The van der Waals surface area contributed by atoms with Gasteiger partial charge >= 0.3 is 0 Å². The molecule has 4 aromatic rings. The van der Waals surface area contributed by atoms with Crippen molar-refractivity contribution in [2.75, 3.05) is 0 Å². The molecule has 0 atom stereocenters. The molecule has 0 radical (unpaired) electrons. The number of rotatable bonds is 1. The minimum absolute atomic E-state index is 1.11. The molecule has 4 rings (SSSR count). The van der Waals surface area contributed by atoms with E-state index in [2.05, 4.69) is 91.1 Å². The Bertz CT molecular complexity index is 1100. The van der Waals surface area contributed by atoms with Crippen molar-refractivity contribution < 1.29 is 0 Å². The van der Waals surface area contributed by atoms with E-state index in [9.17, 15) is 0 Å². The Kier molecular flexibility index (Phi) is 3.54. The molecule has 1 nitrogen and oxygen atoms in total. The smallest absolute Gasteiger partial charge is 0.0550 e. The molecule has 0 fully saturated rings. The van der Waals surface area contributed by atoms with Crippen molar-refractivity contribution in [3.63, 3.8) is 0 Å². The van der Waals surface area contributed by atoms with Gasteiger partial charge in [-0.05, 0) is 73.7 Å². The summed E-state index contributed by atoms with van der Waals surface area (Å²) in [6, 6.07) is 15.1. The maximum Gasteiger partial charge on any atom is 0.0550 e. The van der Waals surface area contributed by atoms with Crippen LogP contribution in [-0.2, 0) is 0 Å². The normalized spacial score (nSPS) is 11.5. The molecule has 120 valence electrons. The summed E-state index contributed by atoms with van der Waals surface area (Å²) >= 11 is 3.62. The van der Waals surface area contributed by atoms with Crippen LogP contribution in [0.1, 0.15) is 22.3 Å². The molecule has 1 N–H and O–H groups in total. The van der Waals surface area contributed by atoms with Crippen LogP contribution in [0.5, 0.6) is 0 Å². The van der Waals surface area contributed by atoms with Crippen molar-refractivity contribution in [2.45, 2.75) is 27.7 Å². The topological polar surface area (TPSA) is 15.8 Å². The Balaban J connectivity index is 2.26. The van der Waals surface area contributed by atoms with E-state index in [0.717, 1.165) is 4.47 Å². The molecule has 0 saturated carbocycles. The Labute approximate surface area is 150 Å². The van der Waals surface area contributed by atoms with Gasteiger partial charge in [0.15, 0.2) is 0 Å². The highest BCUT2D eigenvalue weighted by atomic mass is 79.9. The number of fused-ring (bicyclic) bond motifs is 3. The molecule has 0 bridgehead atoms. The number of aryl methyl sites for hydroxylation is 2. The lowest BCUT2D eigenvalue weighted by molar-refractivity contribution is 1.29. The lowest BCUT2D eigenvalue weighted by Gasteiger charge is -2.15. The third-order valence-electron chi connectivity index (χ3n) is 5.27. The minimum atomic E-state index is 1.11. The van der Waals surface area contributed by atoms with Crippen molar-refractivity contribution in [1.29, 1.82) is 0 Å². The van der Waals surface area contributed by atoms with Gasteiger partial charge in [0.05, 0.1) is 5.52 Å². The van der Waals surface area contributed by atoms with Crippen LogP contribution in [0.15, 0.2) is 46.9 Å². The predicted octanol–water partition coefficient (Wildman–Crippen LogP) is 6.98. The van der Waals surface area contributed by atoms with Crippen molar-refractivity contribution >= 4 is 37.7 Å². The Morgan fingerprint density at radius 2 is 1.54 bits per heavy atom. The lowest BCUT2D eigenvalue weighted by Crippen LogP contribution is -1.94. The third-order valence-corrected chi connectivity index (χ3v) is 5.76. The molecular weight excluding hydrogens is 358 g/mol. The third kappa shape index (κ3) is 2.13. The van der Waals surface area contributed by atoms with Gasteiger partial charge in [-0.15, -0.1) is 0 Å². The van der Waals surface area contributed by atoms with E-state index in [4.69, 9.17) is 0 Å². The number of aromatic amines is 1. The first-order chi connectivity index (χ1) is 11.5. The average Bonchev–Trinajstić information content (AvgIpc) is 2.93. The summed E-state index contributed by atoms with van der Waals surface area (Å²) in [7, 11) is 0. The molecular formula is C22H20BrN. The van der Waals surface area contributed by atoms with Crippen LogP contribution in [0.3, 0.4) is 0 Å². The van der Waals surface area contributed by atoms with Gasteiger partial charge in [-0.25, -0.2) is 0 Å². The molecule has 0 spiro atoms. The molecule has 0 unspecified atom stereocenters. The van der Waals surface area contributed by atoms with Crippen LogP contribution in [0.25, 0.3) is 32.9 Å². The first kappa shape index (κ1) is 15.5. The number of hydrogen-bond acceptors (Lipinski definition) is 0. The Morgan fingerprint density at radius 1 is 0.792 bits per heavy atom. The van der Waals surface area contributed by atoms with Gasteiger partial charge in [0, 0.05) is 26.3 Å². The lowest BCUT2D eigenvalue weighted by atomic mass is 9.89. The van der Waals surface area contributed by atoms with Gasteiger partial charge in [0.1, 0.15) is 0 Å². The van der Waals surface area contributed by atoms with Gasteiger partial charge in [-0.1, -0.05) is 40.2 Å². The highest BCUT2D eigenvalue weighted by Crippen LogP contribution is 2.41. The van der Waals surface area contributed by atoms with E-state index in [1.54, 1.807) is 0 Å². The molecule has 3 aromatic carbocycles. The fraction of sp³-hybridized carbons (Fsp3) is 0.182. The maximum absolute atomic E-state index is 3.70. The highest BCUT2D eigenvalue weighted by Gasteiger charge is 2.18. The molecule has 0 amide bonds. The zero-order valence-electron chi connectivity index (χ0n) is 14.4. The molecule has 2 heteroatoms. The SMILES string of the molecule is Cc1c(C)c(C)c2c([nH]c3cccc(C)c32)c1-c1cccc(Br)c1. The zero-order valence-corrected chi connectivity index (χ0v) is 16.0. The summed E-state index contributed by atoms with van der Waals surface area (Å²) in [5.41, 5.74) is 10.5. The monoisotopic (exact) mass is 377 g/mol. The van der Waals surface area contributed by atoms with Crippen LogP contribution in [0, 0.1) is 27.7 Å². The van der Waals surface area contributed by atoms with Gasteiger partial charge in [-0.3, -0.25) is 0 Å². The molecule has 0 saturated heterocycles. The molecule has 0 aliphatic heterocycles. The number of nitrogens with one attached hydrogen (secondary N) is 1. The molecule has 1 heterocycles. The van der Waals surface area contributed by atoms with E-state index < -0.39 is 0 Å². The molecule has 0 aliphatic carbocycles. The van der Waals surface area contributed by atoms with Crippen molar-refractivity contribution in [2.24, 2.45) is 0 Å². The van der Waals surface area contributed by atoms with E-state index in [1.807, 2.05) is 0 Å². The second-order valence-corrected chi connectivity index (χ2v) is 7.55. The second kappa shape index (κ2) is 5.49. The average molecular weight is 378 g/mol. The van der Waals surface area contributed by atoms with Crippen molar-refractivity contribution in [3.05, 3.63) is 69.2 Å². The summed E-state index contributed by atoms with van der Waals surface area (Å²) in [5.74, 6) is 0. The molecule has 24 heavy (non-hydrogen) atoms. The van der Waals surface area contributed by atoms with Gasteiger partial charge in [-0.2, -0.15) is 0 Å². The summed E-state index contributed by atoms with van der Waals surface area (Å²) in [5, 5.41) is 2.71. The predicted molar refractivity (Wildman–Crippen MR) is 108 cm³/mol. The number of hydrogen-bond donors (Lipinski definition) is 1.